The van der Waals surface area contributed by atoms with Crippen molar-refractivity contribution in [1.82, 2.24) is 0 Å². The Hall–Kier alpha value is -2.91. The monoisotopic (exact) mass is 356 g/mol. The highest BCUT2D eigenvalue weighted by atomic mass is 32.1. The van der Waals surface area contributed by atoms with E-state index in [0.717, 1.165) is 31.8 Å². The van der Waals surface area contributed by atoms with E-state index in [1.54, 1.807) is 0 Å². The van der Waals surface area contributed by atoms with Crippen molar-refractivity contribution in [3.63, 3.8) is 0 Å². The first-order valence-corrected chi connectivity index (χ1v) is 9.44. The van der Waals surface area contributed by atoms with Crippen LogP contribution >= 0.6 is 11.3 Å². The third-order valence-electron chi connectivity index (χ3n) is 4.97. The Bertz CT molecular complexity index is 1060. The van der Waals surface area contributed by atoms with Gasteiger partial charge >= 0.3 is 0 Å². The molecule has 0 saturated carbocycles. The van der Waals surface area contributed by atoms with Crippen LogP contribution in [0.25, 0.3) is 10.1 Å². The Labute approximate surface area is 155 Å². The van der Waals surface area contributed by atoms with Crippen molar-refractivity contribution < 1.29 is 9.53 Å². The van der Waals surface area contributed by atoms with E-state index in [4.69, 9.17) is 4.74 Å². The molecular formula is C23H16O2S. The van der Waals surface area contributed by atoms with Crippen molar-refractivity contribution in [2.24, 2.45) is 0 Å². The van der Waals surface area contributed by atoms with Crippen molar-refractivity contribution in [1.29, 1.82) is 0 Å². The Balaban J connectivity index is 1.78. The summed E-state index contributed by atoms with van der Waals surface area (Å²) in [7, 11) is 0. The van der Waals surface area contributed by atoms with E-state index in [-0.39, 0.29) is 5.78 Å². The fraction of sp³-hybridized carbons (Fsp3) is 0.0870. The zero-order valence-electron chi connectivity index (χ0n) is 14.0. The fourth-order valence-electron chi connectivity index (χ4n) is 3.73. The molecule has 3 heteroatoms. The van der Waals surface area contributed by atoms with Gasteiger partial charge in [-0.25, -0.2) is 0 Å². The van der Waals surface area contributed by atoms with Gasteiger partial charge in [-0.05, 0) is 12.1 Å². The minimum absolute atomic E-state index is 0.139. The fourth-order valence-corrected chi connectivity index (χ4v) is 4.79. The maximum absolute atomic E-state index is 13.1. The van der Waals surface area contributed by atoms with Crippen LogP contribution in [0, 0.1) is 0 Å². The van der Waals surface area contributed by atoms with Crippen LogP contribution in [-0.4, -0.2) is 5.78 Å². The summed E-state index contributed by atoms with van der Waals surface area (Å²) >= 11 is 1.52. The normalized spacial score (nSPS) is 15.5. The SMILES string of the molecule is O=C1CC(c2ccccc2)(c2ccccc2)Oc2c1sc1ccccc21. The van der Waals surface area contributed by atoms with Gasteiger partial charge in [-0.15, -0.1) is 11.3 Å². The molecule has 5 rings (SSSR count). The zero-order chi connectivity index (χ0) is 17.6. The van der Waals surface area contributed by atoms with Crippen LogP contribution in [-0.2, 0) is 5.60 Å². The number of hydrogen-bond donors (Lipinski definition) is 0. The first kappa shape index (κ1) is 15.4. The number of Topliss-reactive ketones (excluding diaryl/α,β-unsaturated/α-hetero) is 1. The summed E-state index contributed by atoms with van der Waals surface area (Å²) in [5.41, 5.74) is 1.21. The van der Waals surface area contributed by atoms with E-state index < -0.39 is 5.60 Å². The molecule has 2 heterocycles. The van der Waals surface area contributed by atoms with Crippen LogP contribution in [0.1, 0.15) is 27.2 Å². The van der Waals surface area contributed by atoms with E-state index in [2.05, 4.69) is 0 Å². The van der Waals surface area contributed by atoms with Gasteiger partial charge in [-0.3, -0.25) is 4.79 Å². The standard InChI is InChI=1S/C23H16O2S/c24-19-15-23(16-9-3-1-4-10-16,17-11-5-2-6-12-17)25-21-18-13-7-8-14-20(18)26-22(19)21/h1-14H,15H2. The van der Waals surface area contributed by atoms with Crippen LogP contribution in [0.5, 0.6) is 5.75 Å². The average molecular weight is 356 g/mol. The molecule has 0 fully saturated rings. The minimum atomic E-state index is -0.795. The number of carbonyl (C=O) groups is 1. The van der Waals surface area contributed by atoms with Gasteiger partial charge < -0.3 is 4.74 Å². The maximum atomic E-state index is 13.1. The van der Waals surface area contributed by atoms with E-state index in [0.29, 0.717) is 6.42 Å². The molecule has 0 N–H and O–H groups in total. The van der Waals surface area contributed by atoms with Gasteiger partial charge in [0.1, 0.15) is 4.88 Å². The summed E-state index contributed by atoms with van der Waals surface area (Å²) in [5.74, 6) is 0.856. The van der Waals surface area contributed by atoms with Crippen LogP contribution in [0.15, 0.2) is 84.9 Å². The van der Waals surface area contributed by atoms with E-state index >= 15 is 0 Å². The molecule has 26 heavy (non-hydrogen) atoms. The number of thiophene rings is 1. The van der Waals surface area contributed by atoms with Gasteiger partial charge in [0, 0.05) is 21.2 Å². The molecule has 0 spiro atoms. The summed E-state index contributed by atoms with van der Waals surface area (Å²) in [6.45, 7) is 0. The van der Waals surface area contributed by atoms with Crippen LogP contribution < -0.4 is 4.74 Å². The number of rotatable bonds is 2. The predicted octanol–water partition coefficient (Wildman–Crippen LogP) is 5.81. The third-order valence-corrected chi connectivity index (χ3v) is 6.16. The van der Waals surface area contributed by atoms with Gasteiger partial charge in [-0.2, -0.15) is 0 Å². The van der Waals surface area contributed by atoms with Crippen molar-refractivity contribution in [3.8, 4) is 5.75 Å². The average Bonchev–Trinajstić information content (AvgIpc) is 3.08. The molecule has 1 aliphatic rings. The van der Waals surface area contributed by atoms with Gasteiger partial charge in [0.05, 0.1) is 6.42 Å². The Morgan fingerprint density at radius 1 is 0.769 bits per heavy atom. The maximum Gasteiger partial charge on any atom is 0.181 e. The molecule has 1 aromatic heterocycles. The van der Waals surface area contributed by atoms with Crippen molar-refractivity contribution in [2.75, 3.05) is 0 Å². The largest absolute Gasteiger partial charge is 0.475 e. The number of ether oxygens (including phenoxy) is 1. The summed E-state index contributed by atoms with van der Waals surface area (Å²) in [6, 6.07) is 28.2. The van der Waals surface area contributed by atoms with Gasteiger partial charge in [0.15, 0.2) is 17.1 Å². The topological polar surface area (TPSA) is 26.3 Å². The van der Waals surface area contributed by atoms with E-state index in [9.17, 15) is 4.79 Å². The van der Waals surface area contributed by atoms with Crippen molar-refractivity contribution >= 4 is 27.2 Å². The molecule has 0 unspecified atom stereocenters. The highest BCUT2D eigenvalue weighted by Gasteiger charge is 2.45. The zero-order valence-corrected chi connectivity index (χ0v) is 14.8. The first-order chi connectivity index (χ1) is 12.8. The number of ketones is 1. The number of hydrogen-bond acceptors (Lipinski definition) is 3. The predicted molar refractivity (Wildman–Crippen MR) is 105 cm³/mol. The second-order valence-electron chi connectivity index (χ2n) is 6.52. The lowest BCUT2D eigenvalue weighted by Crippen LogP contribution is -2.40. The molecule has 1 aliphatic heterocycles. The van der Waals surface area contributed by atoms with E-state index in [1.807, 2.05) is 84.9 Å². The van der Waals surface area contributed by atoms with Crippen LogP contribution in [0.2, 0.25) is 0 Å². The highest BCUT2D eigenvalue weighted by molar-refractivity contribution is 7.21. The van der Waals surface area contributed by atoms with E-state index in [1.165, 1.54) is 11.3 Å². The van der Waals surface area contributed by atoms with Crippen LogP contribution in [0.3, 0.4) is 0 Å². The molecule has 126 valence electrons. The molecule has 2 nitrogen and oxygen atoms in total. The molecule has 3 aromatic carbocycles. The number of fused-ring (bicyclic) bond motifs is 3. The van der Waals surface area contributed by atoms with Crippen molar-refractivity contribution in [2.45, 2.75) is 12.0 Å². The summed E-state index contributed by atoms with van der Waals surface area (Å²) < 4.78 is 7.79. The molecule has 0 atom stereocenters. The molecule has 0 radical (unpaired) electrons. The Morgan fingerprint density at radius 3 is 2.00 bits per heavy atom. The molecule has 0 aliphatic carbocycles. The second kappa shape index (κ2) is 5.82. The van der Waals surface area contributed by atoms with Gasteiger partial charge in [-0.1, -0.05) is 72.8 Å². The quantitative estimate of drug-likeness (QED) is 0.453. The molecule has 0 amide bonds. The highest BCUT2D eigenvalue weighted by Crippen LogP contribution is 2.49. The third kappa shape index (κ3) is 2.21. The molecular weight excluding hydrogens is 340 g/mol. The molecule has 4 aromatic rings. The second-order valence-corrected chi connectivity index (χ2v) is 7.57. The lowest BCUT2D eigenvalue weighted by atomic mass is 9.80. The van der Waals surface area contributed by atoms with Crippen molar-refractivity contribution in [3.05, 3.63) is 101 Å². The molecule has 0 bridgehead atoms. The summed E-state index contributed by atoms with van der Waals surface area (Å²) in [6.07, 6.45) is 0.306. The number of carbonyl (C=O) groups excluding carboxylic acids is 1. The van der Waals surface area contributed by atoms with Gasteiger partial charge in [0.25, 0.3) is 0 Å². The smallest absolute Gasteiger partial charge is 0.181 e. The minimum Gasteiger partial charge on any atom is -0.475 e. The van der Waals surface area contributed by atoms with Crippen LogP contribution in [0.4, 0.5) is 0 Å². The Kier molecular flexibility index (Phi) is 3.44. The summed E-state index contributed by atoms with van der Waals surface area (Å²) in [4.78, 5) is 13.9. The molecule has 0 saturated heterocycles. The lowest BCUT2D eigenvalue weighted by molar-refractivity contribution is 0.0637. The van der Waals surface area contributed by atoms with Gasteiger partial charge in [0.2, 0.25) is 0 Å². The Morgan fingerprint density at radius 2 is 1.35 bits per heavy atom. The summed E-state index contributed by atoms with van der Waals surface area (Å²) in [5, 5.41) is 1.01. The first-order valence-electron chi connectivity index (χ1n) is 8.63. The number of benzene rings is 3. The lowest BCUT2D eigenvalue weighted by Gasteiger charge is -2.38.